The number of hydrogen-bond donors (Lipinski definition) is 1. The Morgan fingerprint density at radius 3 is 2.64 bits per heavy atom. The van der Waals surface area contributed by atoms with Gasteiger partial charge in [-0.25, -0.2) is 13.1 Å². The second kappa shape index (κ2) is 2.19. The summed E-state index contributed by atoms with van der Waals surface area (Å²) in [5.41, 5.74) is 0.269. The van der Waals surface area contributed by atoms with Crippen LogP contribution in [0.15, 0.2) is 0 Å². The molecule has 4 heteroatoms. The molecule has 2 aliphatic carbocycles. The van der Waals surface area contributed by atoms with E-state index >= 15 is 0 Å². The quantitative estimate of drug-likeness (QED) is 0.658. The molecular formula is C10H17NO2S. The van der Waals surface area contributed by atoms with Crippen molar-refractivity contribution in [2.24, 2.45) is 16.7 Å². The summed E-state index contributed by atoms with van der Waals surface area (Å²) >= 11 is 0. The van der Waals surface area contributed by atoms with Gasteiger partial charge in [-0.15, -0.1) is 0 Å². The number of nitrogens with one attached hydrogen (secondary N) is 1. The predicted molar refractivity (Wildman–Crippen MR) is 54.3 cm³/mol. The molecule has 1 spiro atoms. The monoisotopic (exact) mass is 215 g/mol. The van der Waals surface area contributed by atoms with Gasteiger partial charge in [-0.3, -0.25) is 0 Å². The number of rotatable bonds is 0. The summed E-state index contributed by atoms with van der Waals surface area (Å²) in [7, 11) is -2.99. The van der Waals surface area contributed by atoms with Gasteiger partial charge in [0.15, 0.2) is 0 Å². The third-order valence-electron chi connectivity index (χ3n) is 5.32. The first-order chi connectivity index (χ1) is 6.40. The fraction of sp³-hybridized carbons (Fsp3) is 1.00. The van der Waals surface area contributed by atoms with Crippen LogP contribution in [-0.4, -0.2) is 20.2 Å². The average molecular weight is 215 g/mol. The highest BCUT2D eigenvalue weighted by Gasteiger charge is 2.70. The van der Waals surface area contributed by atoms with Gasteiger partial charge >= 0.3 is 0 Å². The maximum Gasteiger partial charge on any atom is 0.215 e. The summed E-state index contributed by atoms with van der Waals surface area (Å²) in [4.78, 5) is 0. The first-order valence-electron chi connectivity index (χ1n) is 5.39. The van der Waals surface area contributed by atoms with Gasteiger partial charge in [0.1, 0.15) is 0 Å². The molecule has 3 rings (SSSR count). The highest BCUT2D eigenvalue weighted by Crippen LogP contribution is 2.68. The van der Waals surface area contributed by atoms with Crippen molar-refractivity contribution in [1.29, 1.82) is 0 Å². The molecule has 2 unspecified atom stereocenters. The van der Waals surface area contributed by atoms with Crippen LogP contribution >= 0.6 is 0 Å². The van der Waals surface area contributed by atoms with Gasteiger partial charge in [-0.05, 0) is 30.6 Å². The summed E-state index contributed by atoms with van der Waals surface area (Å²) in [6.45, 7) is 5.20. The van der Waals surface area contributed by atoms with Gasteiger partial charge in [0.05, 0.1) is 5.25 Å². The molecule has 3 nitrogen and oxygen atoms in total. The molecule has 0 amide bonds. The van der Waals surface area contributed by atoms with E-state index in [1.807, 2.05) is 0 Å². The molecule has 14 heavy (non-hydrogen) atoms. The van der Waals surface area contributed by atoms with Gasteiger partial charge in [-0.2, -0.15) is 0 Å². The Morgan fingerprint density at radius 1 is 1.36 bits per heavy atom. The van der Waals surface area contributed by atoms with E-state index < -0.39 is 10.0 Å². The molecule has 1 N–H and O–H groups in total. The maximum atomic E-state index is 11.8. The fourth-order valence-corrected chi connectivity index (χ4v) is 6.42. The smallest absolute Gasteiger partial charge is 0.214 e. The average Bonchev–Trinajstić information content (AvgIpc) is 2.60. The van der Waals surface area contributed by atoms with Crippen LogP contribution in [0, 0.1) is 16.7 Å². The molecule has 1 saturated heterocycles. The second-order valence-corrected chi connectivity index (χ2v) is 7.65. The van der Waals surface area contributed by atoms with E-state index in [4.69, 9.17) is 0 Å². The molecule has 1 heterocycles. The lowest BCUT2D eigenvalue weighted by Crippen LogP contribution is -2.38. The minimum absolute atomic E-state index is 0.0521. The normalized spacial score (nSPS) is 52.1. The molecule has 1 aliphatic heterocycles. The molecule has 0 radical (unpaired) electrons. The lowest BCUT2D eigenvalue weighted by Gasteiger charge is -2.36. The molecular weight excluding hydrogens is 198 g/mol. The minimum Gasteiger partial charge on any atom is -0.214 e. The zero-order valence-corrected chi connectivity index (χ0v) is 9.52. The lowest BCUT2D eigenvalue weighted by atomic mass is 9.69. The van der Waals surface area contributed by atoms with E-state index in [9.17, 15) is 8.42 Å². The van der Waals surface area contributed by atoms with Crippen LogP contribution in [0.4, 0.5) is 0 Å². The van der Waals surface area contributed by atoms with Crippen molar-refractivity contribution in [3.05, 3.63) is 0 Å². The molecule has 3 atom stereocenters. The van der Waals surface area contributed by atoms with Crippen molar-refractivity contribution in [3.8, 4) is 0 Å². The van der Waals surface area contributed by atoms with Crippen molar-refractivity contribution in [1.82, 2.24) is 4.72 Å². The molecule has 2 bridgehead atoms. The topological polar surface area (TPSA) is 46.2 Å². The van der Waals surface area contributed by atoms with Gasteiger partial charge in [-0.1, -0.05) is 13.8 Å². The van der Waals surface area contributed by atoms with Crippen LogP contribution in [0.2, 0.25) is 0 Å². The first-order valence-corrected chi connectivity index (χ1v) is 6.93. The van der Waals surface area contributed by atoms with Crippen LogP contribution in [0.5, 0.6) is 0 Å². The largest absolute Gasteiger partial charge is 0.215 e. The van der Waals surface area contributed by atoms with Gasteiger partial charge in [0.25, 0.3) is 0 Å². The summed E-state index contributed by atoms with van der Waals surface area (Å²) < 4.78 is 26.4. The Morgan fingerprint density at radius 2 is 2.07 bits per heavy atom. The van der Waals surface area contributed by atoms with Crippen LogP contribution in [0.1, 0.15) is 33.1 Å². The standard InChI is InChI=1S/C10H17NO2S/c1-9(2)7-3-4-10(9)6-11-14(12,13)8(10)5-7/h7-8,11H,3-6H2,1-2H3/t7?,8?,10-/m0/s1. The first kappa shape index (κ1) is 9.16. The third kappa shape index (κ3) is 0.735. The highest BCUT2D eigenvalue weighted by molar-refractivity contribution is 7.90. The third-order valence-corrected chi connectivity index (χ3v) is 7.26. The van der Waals surface area contributed by atoms with Crippen molar-refractivity contribution in [2.45, 2.75) is 38.4 Å². The SMILES string of the molecule is CC1(C)C2CC[C@@]13CNS(=O)(=O)C3C2. The molecule has 2 saturated carbocycles. The second-order valence-electron chi connectivity index (χ2n) is 5.70. The Hall–Kier alpha value is -0.0900. The Balaban J connectivity index is 2.17. The summed E-state index contributed by atoms with van der Waals surface area (Å²) in [6, 6.07) is 0. The number of hydrogen-bond acceptors (Lipinski definition) is 2. The van der Waals surface area contributed by atoms with Crippen LogP contribution < -0.4 is 4.72 Å². The fourth-order valence-electron chi connectivity index (χ4n) is 4.18. The van der Waals surface area contributed by atoms with E-state index in [-0.39, 0.29) is 16.1 Å². The molecule has 0 aromatic carbocycles. The van der Waals surface area contributed by atoms with Gasteiger partial charge in [0, 0.05) is 12.0 Å². The van der Waals surface area contributed by atoms with Crippen LogP contribution in [0.25, 0.3) is 0 Å². The van der Waals surface area contributed by atoms with Gasteiger partial charge in [0.2, 0.25) is 10.0 Å². The van der Waals surface area contributed by atoms with E-state index in [0.717, 1.165) is 12.8 Å². The predicted octanol–water partition coefficient (Wildman–Crippen LogP) is 1.11. The van der Waals surface area contributed by atoms with E-state index in [1.165, 1.54) is 6.42 Å². The summed E-state index contributed by atoms with van der Waals surface area (Å²) in [5, 5.41) is -0.0938. The number of sulfonamides is 1. The lowest BCUT2D eigenvalue weighted by molar-refractivity contribution is 0.146. The van der Waals surface area contributed by atoms with E-state index in [2.05, 4.69) is 18.6 Å². The van der Waals surface area contributed by atoms with E-state index in [1.54, 1.807) is 0 Å². The molecule has 3 aliphatic rings. The zero-order chi connectivity index (χ0) is 10.2. The highest BCUT2D eigenvalue weighted by atomic mass is 32.2. The van der Waals surface area contributed by atoms with Crippen LogP contribution in [0.3, 0.4) is 0 Å². The molecule has 3 fully saturated rings. The van der Waals surface area contributed by atoms with Crippen molar-refractivity contribution < 1.29 is 8.42 Å². The van der Waals surface area contributed by atoms with Gasteiger partial charge < -0.3 is 0 Å². The van der Waals surface area contributed by atoms with Crippen molar-refractivity contribution in [3.63, 3.8) is 0 Å². The molecule has 0 aromatic rings. The maximum absolute atomic E-state index is 11.8. The Labute approximate surface area is 85.3 Å². The summed E-state index contributed by atoms with van der Waals surface area (Å²) in [6.07, 6.45) is 3.21. The van der Waals surface area contributed by atoms with Crippen molar-refractivity contribution >= 4 is 10.0 Å². The molecule has 0 aromatic heterocycles. The Bertz CT molecular complexity index is 387. The van der Waals surface area contributed by atoms with Crippen molar-refractivity contribution in [2.75, 3.05) is 6.54 Å². The number of fused-ring (bicyclic) bond motifs is 1. The van der Waals surface area contributed by atoms with E-state index in [0.29, 0.717) is 12.5 Å². The summed E-state index contributed by atoms with van der Waals surface area (Å²) in [5.74, 6) is 0.629. The van der Waals surface area contributed by atoms with Crippen LogP contribution in [-0.2, 0) is 10.0 Å². The molecule has 80 valence electrons. The Kier molecular flexibility index (Phi) is 1.43. The zero-order valence-electron chi connectivity index (χ0n) is 8.71. The minimum atomic E-state index is -2.99.